The number of carbonyl (C=O) groups is 1. The average molecular weight is 573 g/mol. The maximum absolute atomic E-state index is 12.5. The third-order valence-electron chi connectivity index (χ3n) is 12.1. The summed E-state index contributed by atoms with van der Waals surface area (Å²) in [4.78, 5) is 16.4. The Bertz CT molecular complexity index is 1140. The minimum Gasteiger partial charge on any atom is -0.458 e. The summed E-state index contributed by atoms with van der Waals surface area (Å²) in [5, 5.41) is 54.5. The van der Waals surface area contributed by atoms with E-state index >= 15 is 0 Å². The number of aliphatic hydroxyl groups excluding tert-OH is 2. The third kappa shape index (κ3) is 4.42. The van der Waals surface area contributed by atoms with Crippen LogP contribution in [0.2, 0.25) is 0 Å². The lowest BCUT2D eigenvalue weighted by Gasteiger charge is -2.66. The molecule has 0 radical (unpaired) electrons. The van der Waals surface area contributed by atoms with Gasteiger partial charge in [-0.05, 0) is 81.6 Å². The van der Waals surface area contributed by atoms with Crippen molar-refractivity contribution in [3.05, 3.63) is 11.6 Å². The highest BCUT2D eigenvalue weighted by molar-refractivity contribution is 5.85. The molecule has 41 heavy (non-hydrogen) atoms. The predicted molar refractivity (Wildman–Crippen MR) is 146 cm³/mol. The summed E-state index contributed by atoms with van der Waals surface area (Å²) in [5.74, 6) is -0.282. The van der Waals surface area contributed by atoms with E-state index in [1.165, 1.54) is 0 Å². The highest BCUT2D eigenvalue weighted by Crippen LogP contribution is 2.70. The van der Waals surface area contributed by atoms with Crippen molar-refractivity contribution in [1.82, 2.24) is 0 Å². The standard InChI is InChI=1S/C31H44N2O8/c1-18-27(36)24(34)14-26(40-18)41-20-3-8-29(17-33-12-11-32)22-4-7-28(2)21(19-13-25(35)39-16-19)6-10-31(28,38)23(22)5-9-30(29,37)15-20/h13,17-18,20-24,26-27,34,36-38H,3-10,12,14-16H2,1-2H3/t18-,20+,21+,22-,23+,24-,26+,27-,28-,29+,30-,31+/m1/s1. The number of ether oxygens (including phenoxy) is 3. The average Bonchev–Trinajstić information content (AvgIpc) is 3.47. The van der Waals surface area contributed by atoms with Gasteiger partial charge in [0, 0.05) is 36.0 Å². The lowest BCUT2D eigenvalue weighted by atomic mass is 9.41. The summed E-state index contributed by atoms with van der Waals surface area (Å²) in [6, 6.07) is 2.09. The van der Waals surface area contributed by atoms with E-state index in [0.717, 1.165) is 24.8 Å². The van der Waals surface area contributed by atoms with E-state index in [1.54, 1.807) is 13.0 Å². The topological polar surface area (TPSA) is 162 Å². The first kappa shape index (κ1) is 29.2. The molecule has 0 aromatic heterocycles. The van der Waals surface area contributed by atoms with Crippen molar-refractivity contribution in [2.45, 2.75) is 120 Å². The van der Waals surface area contributed by atoms with Crippen LogP contribution in [0.1, 0.15) is 78.1 Å². The molecule has 4 aliphatic carbocycles. The number of carbonyl (C=O) groups excluding carboxylic acids is 1. The number of hydrogen-bond donors (Lipinski definition) is 4. The maximum Gasteiger partial charge on any atom is 0.331 e. The van der Waals surface area contributed by atoms with Crippen LogP contribution < -0.4 is 0 Å². The fourth-order valence-electron chi connectivity index (χ4n) is 10.0. The Labute approximate surface area is 241 Å². The Morgan fingerprint density at radius 1 is 1.15 bits per heavy atom. The van der Waals surface area contributed by atoms with Gasteiger partial charge in [-0.15, -0.1) is 0 Å². The first-order chi connectivity index (χ1) is 19.5. The number of esters is 1. The van der Waals surface area contributed by atoms with E-state index in [2.05, 4.69) is 18.0 Å². The summed E-state index contributed by atoms with van der Waals surface area (Å²) in [6.07, 6.45) is 5.97. The number of hydrogen-bond acceptors (Lipinski definition) is 10. The molecule has 0 spiro atoms. The van der Waals surface area contributed by atoms with Crippen molar-refractivity contribution >= 4 is 12.2 Å². The van der Waals surface area contributed by atoms with Crippen molar-refractivity contribution in [3.8, 4) is 6.07 Å². The summed E-state index contributed by atoms with van der Waals surface area (Å²) in [7, 11) is 0. The monoisotopic (exact) mass is 572 g/mol. The van der Waals surface area contributed by atoms with E-state index < -0.39 is 46.6 Å². The Morgan fingerprint density at radius 2 is 1.93 bits per heavy atom. The zero-order valence-electron chi connectivity index (χ0n) is 24.1. The van der Waals surface area contributed by atoms with Crippen LogP contribution in [0, 0.1) is 39.9 Å². The molecule has 4 saturated carbocycles. The smallest absolute Gasteiger partial charge is 0.331 e. The van der Waals surface area contributed by atoms with Gasteiger partial charge in [0.15, 0.2) is 6.29 Å². The summed E-state index contributed by atoms with van der Waals surface area (Å²) >= 11 is 0. The minimum atomic E-state index is -1.13. The highest BCUT2D eigenvalue weighted by Gasteiger charge is 2.71. The van der Waals surface area contributed by atoms with Crippen LogP contribution in [-0.2, 0) is 19.0 Å². The predicted octanol–water partition coefficient (Wildman–Crippen LogP) is 2.17. The maximum atomic E-state index is 12.5. The molecule has 2 heterocycles. The number of nitriles is 1. The minimum absolute atomic E-state index is 0.00933. The van der Waals surface area contributed by atoms with Crippen molar-refractivity contribution < 1.29 is 39.4 Å². The number of aliphatic imine (C=N–C) groups is 1. The van der Waals surface area contributed by atoms with Gasteiger partial charge in [0.2, 0.25) is 0 Å². The second-order valence-corrected chi connectivity index (χ2v) is 13.8. The molecule has 0 aromatic rings. The van der Waals surface area contributed by atoms with Gasteiger partial charge < -0.3 is 34.6 Å². The number of nitrogens with zero attached hydrogens (tertiary/aromatic N) is 2. The second-order valence-electron chi connectivity index (χ2n) is 13.8. The van der Waals surface area contributed by atoms with E-state index in [1.807, 2.05) is 6.21 Å². The van der Waals surface area contributed by atoms with Gasteiger partial charge in [0.05, 0.1) is 35.6 Å². The zero-order valence-corrected chi connectivity index (χ0v) is 24.1. The molecule has 6 rings (SSSR count). The molecular formula is C31H44N2O8. The van der Waals surface area contributed by atoms with Crippen molar-refractivity contribution in [3.63, 3.8) is 0 Å². The largest absolute Gasteiger partial charge is 0.458 e. The molecule has 1 saturated heterocycles. The molecule has 0 aromatic carbocycles. The number of rotatable bonds is 5. The van der Waals surface area contributed by atoms with E-state index in [4.69, 9.17) is 14.2 Å². The van der Waals surface area contributed by atoms with E-state index in [0.29, 0.717) is 45.1 Å². The van der Waals surface area contributed by atoms with Crippen LogP contribution in [0.4, 0.5) is 0 Å². The highest BCUT2D eigenvalue weighted by atomic mass is 16.7. The molecular weight excluding hydrogens is 528 g/mol. The normalized spacial score (nSPS) is 51.3. The first-order valence-corrected chi connectivity index (χ1v) is 15.3. The lowest BCUT2D eigenvalue weighted by Crippen LogP contribution is -2.69. The van der Waals surface area contributed by atoms with Gasteiger partial charge in [-0.3, -0.25) is 4.99 Å². The summed E-state index contributed by atoms with van der Waals surface area (Å²) in [6.45, 7) is 4.19. The molecule has 10 heteroatoms. The quantitative estimate of drug-likeness (QED) is 0.167. The first-order valence-electron chi connectivity index (χ1n) is 15.3. The Balaban J connectivity index is 1.26. The van der Waals surface area contributed by atoms with Crippen LogP contribution in [0.25, 0.3) is 0 Å². The SMILES string of the molecule is C[C@H]1O[C@@H](O[C@H]2CC[C@]3(C=NCC#N)[C@@H]4CC[C@]5(C)[C@H](C6=CC(=O)OC6)CC[C@]5(O)[C@H]4CC[C@@]3(O)C2)C[C@@H](O)[C@@H]1O. The fourth-order valence-corrected chi connectivity index (χ4v) is 10.0. The Hall–Kier alpha value is -1.87. The van der Waals surface area contributed by atoms with Crippen LogP contribution in [0.15, 0.2) is 16.6 Å². The van der Waals surface area contributed by atoms with Gasteiger partial charge in [-0.25, -0.2) is 4.79 Å². The van der Waals surface area contributed by atoms with Crippen molar-refractivity contribution in [2.75, 3.05) is 13.2 Å². The number of fused-ring (bicyclic) bond motifs is 5. The van der Waals surface area contributed by atoms with E-state index in [9.17, 15) is 30.5 Å². The Morgan fingerprint density at radius 3 is 2.63 bits per heavy atom. The van der Waals surface area contributed by atoms with Gasteiger partial charge in [-0.2, -0.15) is 5.26 Å². The molecule has 5 fully saturated rings. The van der Waals surface area contributed by atoms with E-state index in [-0.39, 0.29) is 42.8 Å². The van der Waals surface area contributed by atoms with Gasteiger partial charge in [0.25, 0.3) is 0 Å². The molecule has 4 N–H and O–H groups in total. The second kappa shape index (κ2) is 10.4. The molecule has 0 bridgehead atoms. The van der Waals surface area contributed by atoms with Crippen LogP contribution in [0.5, 0.6) is 0 Å². The van der Waals surface area contributed by atoms with Gasteiger partial charge in [0.1, 0.15) is 19.3 Å². The Kier molecular flexibility index (Phi) is 7.40. The lowest BCUT2D eigenvalue weighted by molar-refractivity contribution is -0.282. The molecule has 2 aliphatic heterocycles. The fraction of sp³-hybridized carbons (Fsp3) is 0.839. The number of aliphatic hydroxyl groups is 4. The third-order valence-corrected chi connectivity index (χ3v) is 12.1. The zero-order chi connectivity index (χ0) is 29.2. The van der Waals surface area contributed by atoms with Crippen LogP contribution in [0.3, 0.4) is 0 Å². The van der Waals surface area contributed by atoms with Crippen LogP contribution >= 0.6 is 0 Å². The molecule has 6 aliphatic rings. The summed E-state index contributed by atoms with van der Waals surface area (Å²) < 4.78 is 17.3. The van der Waals surface area contributed by atoms with Crippen molar-refractivity contribution in [1.29, 1.82) is 5.26 Å². The van der Waals surface area contributed by atoms with Gasteiger partial charge >= 0.3 is 5.97 Å². The molecule has 12 atom stereocenters. The van der Waals surface area contributed by atoms with Crippen molar-refractivity contribution in [2.24, 2.45) is 33.6 Å². The van der Waals surface area contributed by atoms with Crippen LogP contribution in [-0.4, -0.2) is 87.7 Å². The molecule has 10 nitrogen and oxygen atoms in total. The van der Waals surface area contributed by atoms with Gasteiger partial charge in [-0.1, -0.05) is 6.92 Å². The molecule has 226 valence electrons. The molecule has 0 amide bonds. The molecule has 0 unspecified atom stereocenters. The number of cyclic esters (lactones) is 1. The summed E-state index contributed by atoms with van der Waals surface area (Å²) in [5.41, 5.74) is -2.19.